The Balaban J connectivity index is 1.80. The summed E-state index contributed by atoms with van der Waals surface area (Å²) >= 11 is 0. The molecule has 0 amide bonds. The van der Waals surface area contributed by atoms with Gasteiger partial charge in [-0.2, -0.15) is 0 Å². The predicted octanol–water partition coefficient (Wildman–Crippen LogP) is 8.49. The van der Waals surface area contributed by atoms with Crippen LogP contribution in [0.3, 0.4) is 0 Å². The summed E-state index contributed by atoms with van der Waals surface area (Å²) < 4.78 is 0. The fourth-order valence-electron chi connectivity index (χ4n) is 7.31. The zero-order valence-electron chi connectivity index (χ0n) is 19.5. The lowest BCUT2D eigenvalue weighted by Crippen LogP contribution is -2.45. The number of allylic oxidation sites excluding steroid dienone is 9. The normalized spacial score (nSPS) is 36.2. The van der Waals surface area contributed by atoms with E-state index in [4.69, 9.17) is 0 Å². The van der Waals surface area contributed by atoms with E-state index in [0.717, 1.165) is 22.9 Å². The molecule has 0 N–H and O–H groups in total. The van der Waals surface area contributed by atoms with E-state index in [1.165, 1.54) is 43.7 Å². The molecule has 6 unspecified atom stereocenters. The van der Waals surface area contributed by atoms with Crippen molar-refractivity contribution in [1.29, 1.82) is 0 Å². The van der Waals surface area contributed by atoms with E-state index in [2.05, 4.69) is 83.4 Å². The molecule has 4 rings (SSSR count). The van der Waals surface area contributed by atoms with E-state index in [1.807, 2.05) is 0 Å². The molecule has 2 fully saturated rings. The molecule has 4 aliphatic rings. The first-order chi connectivity index (χ1) is 13.8. The Labute approximate surface area is 181 Å². The van der Waals surface area contributed by atoms with Gasteiger partial charge < -0.3 is 0 Å². The molecule has 0 spiro atoms. The first kappa shape index (κ1) is 21.2. The Hall–Kier alpha value is -1.08. The summed E-state index contributed by atoms with van der Waals surface area (Å²) in [7, 11) is -1.47. The van der Waals surface area contributed by atoms with Gasteiger partial charge in [-0.3, -0.25) is 0 Å². The van der Waals surface area contributed by atoms with Crippen LogP contribution in [0.2, 0.25) is 23.7 Å². The summed E-state index contributed by atoms with van der Waals surface area (Å²) in [5, 5.41) is 0. The maximum Gasteiger partial charge on any atom is 0.0582 e. The highest BCUT2D eigenvalue weighted by Gasteiger charge is 2.57. The lowest BCUT2D eigenvalue weighted by molar-refractivity contribution is 0.441. The lowest BCUT2D eigenvalue weighted by atomic mass is 9.76. The molecule has 0 aromatic heterocycles. The molecule has 0 aromatic carbocycles. The zero-order valence-corrected chi connectivity index (χ0v) is 20.5. The second kappa shape index (κ2) is 7.87. The van der Waals surface area contributed by atoms with Crippen molar-refractivity contribution < 1.29 is 0 Å². The van der Waals surface area contributed by atoms with Crippen molar-refractivity contribution in [3.05, 3.63) is 60.3 Å². The highest BCUT2D eigenvalue weighted by Crippen LogP contribution is 2.63. The van der Waals surface area contributed by atoms with Crippen LogP contribution < -0.4 is 0 Å². The number of hydrogen-bond acceptors (Lipinski definition) is 0. The number of hydrogen-bond donors (Lipinski definition) is 0. The lowest BCUT2D eigenvalue weighted by Gasteiger charge is -2.45. The maximum absolute atomic E-state index is 4.11. The van der Waals surface area contributed by atoms with Gasteiger partial charge in [0, 0.05) is 0 Å². The van der Waals surface area contributed by atoms with Crippen molar-refractivity contribution in [2.75, 3.05) is 0 Å². The molecule has 1 heteroatoms. The van der Waals surface area contributed by atoms with Gasteiger partial charge in [0.25, 0.3) is 0 Å². The fourth-order valence-corrected chi connectivity index (χ4v) is 13.5. The zero-order chi connectivity index (χ0) is 20.8. The van der Waals surface area contributed by atoms with Gasteiger partial charge in [0.05, 0.1) is 8.07 Å². The number of fused-ring (bicyclic) bond motifs is 3. The van der Waals surface area contributed by atoms with Crippen LogP contribution in [-0.4, -0.2) is 8.07 Å². The van der Waals surface area contributed by atoms with Crippen LogP contribution in [0.15, 0.2) is 60.3 Å². The summed E-state index contributed by atoms with van der Waals surface area (Å²) in [5.41, 5.74) is 5.20. The summed E-state index contributed by atoms with van der Waals surface area (Å²) in [4.78, 5) is 0. The van der Waals surface area contributed by atoms with Gasteiger partial charge in [0.2, 0.25) is 0 Å². The molecule has 0 bridgehead atoms. The minimum absolute atomic E-state index is 0.244. The van der Waals surface area contributed by atoms with Gasteiger partial charge in [0.1, 0.15) is 0 Å². The van der Waals surface area contributed by atoms with Crippen LogP contribution in [0, 0.1) is 29.1 Å². The molecule has 158 valence electrons. The van der Waals surface area contributed by atoms with E-state index in [1.54, 1.807) is 5.57 Å². The van der Waals surface area contributed by atoms with Crippen LogP contribution in [0.5, 0.6) is 0 Å². The monoisotopic (exact) mass is 406 g/mol. The van der Waals surface area contributed by atoms with Crippen LogP contribution in [0.1, 0.15) is 59.8 Å². The molecular weight excluding hydrogens is 364 g/mol. The molecule has 4 aliphatic carbocycles. The standard InChI is InChI=1S/C28H42Si/c1-7-8-17-29(6,22-11-9-10-12-22)27-25-18-20(2)13-15-23(25)24-16-14-21(19-26(24)27)28(3,4)5/h7,13-16,18-19,22-27H,1,8-12,17H2,2-6H3. The topological polar surface area (TPSA) is 0 Å². The summed E-state index contributed by atoms with van der Waals surface area (Å²) in [5.74, 6) is 2.89. The molecule has 0 aliphatic heterocycles. The molecular formula is C28H42Si. The van der Waals surface area contributed by atoms with Gasteiger partial charge in [0.15, 0.2) is 0 Å². The highest BCUT2D eigenvalue weighted by atomic mass is 28.3. The predicted molar refractivity (Wildman–Crippen MR) is 131 cm³/mol. The van der Waals surface area contributed by atoms with E-state index >= 15 is 0 Å². The van der Waals surface area contributed by atoms with Gasteiger partial charge in [-0.15, -0.1) is 6.58 Å². The second-order valence-corrected chi connectivity index (χ2v) is 16.6. The Morgan fingerprint density at radius 3 is 2.24 bits per heavy atom. The minimum Gasteiger partial charge on any atom is -0.103 e. The van der Waals surface area contributed by atoms with Crippen LogP contribution in [0.25, 0.3) is 0 Å². The molecule has 0 heterocycles. The average Bonchev–Trinajstić information content (AvgIpc) is 3.31. The molecule has 6 atom stereocenters. The highest BCUT2D eigenvalue weighted by molar-refractivity contribution is 6.81. The molecule has 0 saturated heterocycles. The first-order valence-corrected chi connectivity index (χ1v) is 15.0. The Kier molecular flexibility index (Phi) is 5.75. The van der Waals surface area contributed by atoms with Crippen molar-refractivity contribution >= 4 is 8.07 Å². The second-order valence-electron chi connectivity index (χ2n) is 11.7. The van der Waals surface area contributed by atoms with E-state index < -0.39 is 8.07 Å². The SMILES string of the molecule is C=CCC[Si](C)(C1CCCC1)C1C2C=C(C)C=CC2C2C=CC(C(C)(C)C)=CC21. The third-order valence-electron chi connectivity index (χ3n) is 8.87. The summed E-state index contributed by atoms with van der Waals surface area (Å²) in [6, 6.07) is 1.44. The smallest absolute Gasteiger partial charge is 0.0582 e. The van der Waals surface area contributed by atoms with Crippen molar-refractivity contribution in [2.24, 2.45) is 29.1 Å². The molecule has 0 aromatic rings. The molecule has 2 saturated carbocycles. The third-order valence-corrected chi connectivity index (χ3v) is 15.0. The fraction of sp³-hybridized carbons (Fsp3) is 0.643. The summed E-state index contributed by atoms with van der Waals surface area (Å²) in [6.45, 7) is 16.4. The van der Waals surface area contributed by atoms with Gasteiger partial charge in [-0.25, -0.2) is 0 Å². The van der Waals surface area contributed by atoms with Gasteiger partial charge >= 0.3 is 0 Å². The first-order valence-electron chi connectivity index (χ1n) is 12.1. The van der Waals surface area contributed by atoms with Crippen molar-refractivity contribution in [2.45, 2.75) is 83.5 Å². The molecule has 29 heavy (non-hydrogen) atoms. The Morgan fingerprint density at radius 1 is 1.00 bits per heavy atom. The van der Waals surface area contributed by atoms with E-state index in [9.17, 15) is 0 Å². The largest absolute Gasteiger partial charge is 0.103 e. The molecule has 0 nitrogen and oxygen atoms in total. The van der Waals surface area contributed by atoms with Gasteiger partial charge in [-0.1, -0.05) is 107 Å². The molecule has 0 radical (unpaired) electrons. The van der Waals surface area contributed by atoms with Crippen molar-refractivity contribution in [3.8, 4) is 0 Å². The summed E-state index contributed by atoms with van der Waals surface area (Å²) in [6.07, 6.45) is 24.8. The minimum atomic E-state index is -1.47. The van der Waals surface area contributed by atoms with Gasteiger partial charge in [-0.05, 0) is 59.1 Å². The average molecular weight is 407 g/mol. The van der Waals surface area contributed by atoms with Crippen LogP contribution >= 0.6 is 0 Å². The Bertz CT molecular complexity index is 752. The van der Waals surface area contributed by atoms with Crippen LogP contribution in [0.4, 0.5) is 0 Å². The van der Waals surface area contributed by atoms with E-state index in [0.29, 0.717) is 11.8 Å². The quantitative estimate of drug-likeness (QED) is 0.317. The van der Waals surface area contributed by atoms with E-state index in [-0.39, 0.29) is 5.41 Å². The van der Waals surface area contributed by atoms with Crippen molar-refractivity contribution in [3.63, 3.8) is 0 Å². The van der Waals surface area contributed by atoms with Crippen molar-refractivity contribution in [1.82, 2.24) is 0 Å². The maximum atomic E-state index is 4.11. The van der Waals surface area contributed by atoms with Crippen LogP contribution in [-0.2, 0) is 0 Å². The third kappa shape index (κ3) is 3.73. The number of rotatable bonds is 5. The Morgan fingerprint density at radius 2 is 1.62 bits per heavy atom.